The number of aliphatic hydroxyl groups excluding tert-OH is 6. The molecule has 0 spiro atoms. The Kier molecular flexibility index (Phi) is 32.2. The fourth-order valence-electron chi connectivity index (χ4n) is 7.04. The number of hydrogen-bond donors (Lipinski definition) is 7. The van der Waals surface area contributed by atoms with Crippen LogP contribution in [-0.2, 0) is 14.3 Å². The maximum atomic E-state index is 13.0. The largest absolute Gasteiger partial charge is 0.394 e. The van der Waals surface area contributed by atoms with Crippen LogP contribution in [0.3, 0.4) is 0 Å². The van der Waals surface area contributed by atoms with Crippen LogP contribution in [0.25, 0.3) is 0 Å². The first-order valence-corrected chi connectivity index (χ1v) is 22.0. The van der Waals surface area contributed by atoms with Gasteiger partial charge in [0, 0.05) is 0 Å². The molecule has 1 heterocycles. The van der Waals surface area contributed by atoms with E-state index in [1.807, 2.05) is 6.08 Å². The standard InChI is InChI=1S/C43H83NO9/c1-3-5-7-9-11-13-15-17-18-20-22-24-26-28-30-32-37(47)42(51)44-35(34-52-43-41(50)40(49)39(48)38(33-45)53-43)36(46)31-29-27-25-23-21-19-16-14-12-10-8-6-4-2/h29,31,35-41,43,45-50H,3-28,30,32-34H2,1-2H3,(H,44,51)/b31-29+. The minimum atomic E-state index is -1.61. The van der Waals surface area contributed by atoms with Gasteiger partial charge in [0.2, 0.25) is 5.91 Å². The van der Waals surface area contributed by atoms with Gasteiger partial charge in [0.05, 0.1) is 25.4 Å². The average Bonchev–Trinajstić information content (AvgIpc) is 3.16. The van der Waals surface area contributed by atoms with E-state index in [1.165, 1.54) is 128 Å². The highest BCUT2D eigenvalue weighted by molar-refractivity contribution is 5.80. The van der Waals surface area contributed by atoms with Crippen LogP contribution < -0.4 is 5.32 Å². The Bertz CT molecular complexity index is 860. The average molecular weight is 758 g/mol. The van der Waals surface area contributed by atoms with Crippen molar-refractivity contribution in [3.8, 4) is 0 Å². The number of carbonyl (C=O) groups excluding carboxylic acids is 1. The van der Waals surface area contributed by atoms with Crippen LogP contribution in [0.5, 0.6) is 0 Å². The molecule has 53 heavy (non-hydrogen) atoms. The Balaban J connectivity index is 2.44. The van der Waals surface area contributed by atoms with Crippen molar-refractivity contribution in [3.05, 3.63) is 12.2 Å². The van der Waals surface area contributed by atoms with Gasteiger partial charge in [0.25, 0.3) is 0 Å². The third-order valence-electron chi connectivity index (χ3n) is 10.7. The van der Waals surface area contributed by atoms with Crippen molar-refractivity contribution in [3.63, 3.8) is 0 Å². The molecule has 7 N–H and O–H groups in total. The zero-order chi connectivity index (χ0) is 38.9. The summed E-state index contributed by atoms with van der Waals surface area (Å²) in [5.74, 6) is -0.615. The zero-order valence-electron chi connectivity index (χ0n) is 33.9. The van der Waals surface area contributed by atoms with E-state index in [2.05, 4.69) is 19.2 Å². The van der Waals surface area contributed by atoms with Gasteiger partial charge < -0.3 is 45.4 Å². The van der Waals surface area contributed by atoms with E-state index in [1.54, 1.807) is 6.08 Å². The molecular formula is C43H83NO9. The van der Waals surface area contributed by atoms with E-state index in [0.29, 0.717) is 6.42 Å². The normalized spacial score (nSPS) is 22.3. The Morgan fingerprint density at radius 3 is 1.53 bits per heavy atom. The monoisotopic (exact) mass is 758 g/mol. The number of nitrogens with one attached hydrogen (secondary N) is 1. The van der Waals surface area contributed by atoms with Gasteiger partial charge in [-0.15, -0.1) is 0 Å². The molecule has 1 fully saturated rings. The molecule has 8 atom stereocenters. The number of carbonyl (C=O) groups is 1. The summed E-state index contributed by atoms with van der Waals surface area (Å²) in [4.78, 5) is 13.0. The lowest BCUT2D eigenvalue weighted by Gasteiger charge is -2.40. The van der Waals surface area contributed by atoms with Crippen molar-refractivity contribution in [2.45, 2.75) is 243 Å². The Labute approximate surface area is 323 Å². The summed E-state index contributed by atoms with van der Waals surface area (Å²) >= 11 is 0. The summed E-state index contributed by atoms with van der Waals surface area (Å²) in [5, 5.41) is 64.5. The van der Waals surface area contributed by atoms with Crippen LogP contribution in [0.2, 0.25) is 0 Å². The van der Waals surface area contributed by atoms with Crippen LogP contribution in [0.4, 0.5) is 0 Å². The molecule has 1 amide bonds. The first-order chi connectivity index (χ1) is 25.8. The smallest absolute Gasteiger partial charge is 0.249 e. The molecule has 0 aliphatic carbocycles. The van der Waals surface area contributed by atoms with Gasteiger partial charge in [-0.1, -0.05) is 187 Å². The van der Waals surface area contributed by atoms with E-state index in [-0.39, 0.29) is 6.61 Å². The fourth-order valence-corrected chi connectivity index (χ4v) is 7.04. The van der Waals surface area contributed by atoms with Crippen LogP contribution in [0, 0.1) is 0 Å². The predicted molar refractivity (Wildman–Crippen MR) is 213 cm³/mol. The quantitative estimate of drug-likeness (QED) is 0.0252. The summed E-state index contributed by atoms with van der Waals surface area (Å²) in [6.45, 7) is 3.60. The number of rotatable bonds is 36. The molecule has 0 aromatic rings. The molecule has 1 rings (SSSR count). The molecule has 1 saturated heterocycles. The number of unbranched alkanes of at least 4 members (excludes halogenated alkanes) is 25. The van der Waals surface area contributed by atoms with Crippen molar-refractivity contribution >= 4 is 5.91 Å². The van der Waals surface area contributed by atoms with Crippen molar-refractivity contribution in [1.82, 2.24) is 5.32 Å². The third kappa shape index (κ3) is 24.9. The Morgan fingerprint density at radius 2 is 1.08 bits per heavy atom. The second-order valence-corrected chi connectivity index (χ2v) is 15.6. The first kappa shape index (κ1) is 49.9. The molecular weight excluding hydrogens is 674 g/mol. The molecule has 314 valence electrons. The number of aliphatic hydroxyl groups is 6. The highest BCUT2D eigenvalue weighted by atomic mass is 16.7. The van der Waals surface area contributed by atoms with Crippen molar-refractivity contribution in [2.24, 2.45) is 0 Å². The number of hydrogen-bond acceptors (Lipinski definition) is 9. The molecule has 0 radical (unpaired) electrons. The van der Waals surface area contributed by atoms with E-state index >= 15 is 0 Å². The maximum absolute atomic E-state index is 13.0. The molecule has 10 heteroatoms. The lowest BCUT2D eigenvalue weighted by molar-refractivity contribution is -0.302. The second kappa shape index (κ2) is 34.2. The van der Waals surface area contributed by atoms with Crippen molar-refractivity contribution < 1.29 is 44.9 Å². The van der Waals surface area contributed by atoms with Gasteiger partial charge in [-0.2, -0.15) is 0 Å². The molecule has 1 aliphatic heterocycles. The molecule has 10 nitrogen and oxygen atoms in total. The summed E-state index contributed by atoms with van der Waals surface area (Å²) < 4.78 is 11.1. The second-order valence-electron chi connectivity index (χ2n) is 15.6. The molecule has 0 bridgehead atoms. The van der Waals surface area contributed by atoms with Crippen LogP contribution in [0.1, 0.15) is 194 Å². The lowest BCUT2D eigenvalue weighted by atomic mass is 9.99. The Hall–Kier alpha value is -1.11. The van der Waals surface area contributed by atoms with Crippen molar-refractivity contribution in [2.75, 3.05) is 13.2 Å². The summed E-state index contributed by atoms with van der Waals surface area (Å²) in [7, 11) is 0. The topological polar surface area (TPSA) is 169 Å². The van der Waals surface area contributed by atoms with Gasteiger partial charge in [-0.05, 0) is 19.3 Å². The first-order valence-electron chi connectivity index (χ1n) is 22.0. The van der Waals surface area contributed by atoms with Gasteiger partial charge in [-0.25, -0.2) is 0 Å². The number of ether oxygens (including phenoxy) is 2. The maximum Gasteiger partial charge on any atom is 0.249 e. The number of allylic oxidation sites excluding steroid dienone is 1. The van der Waals surface area contributed by atoms with Gasteiger partial charge in [-0.3, -0.25) is 4.79 Å². The molecule has 8 unspecified atom stereocenters. The molecule has 0 aromatic heterocycles. The van der Waals surface area contributed by atoms with Gasteiger partial charge in [0.1, 0.15) is 30.5 Å². The van der Waals surface area contributed by atoms with Gasteiger partial charge in [0.15, 0.2) is 6.29 Å². The molecule has 1 aliphatic rings. The highest BCUT2D eigenvalue weighted by Gasteiger charge is 2.44. The van der Waals surface area contributed by atoms with Crippen LogP contribution >= 0.6 is 0 Å². The number of amides is 1. The fraction of sp³-hybridized carbons (Fsp3) is 0.930. The van der Waals surface area contributed by atoms with Gasteiger partial charge >= 0.3 is 0 Å². The minimum absolute atomic E-state index is 0.302. The lowest BCUT2D eigenvalue weighted by Crippen LogP contribution is -2.60. The minimum Gasteiger partial charge on any atom is -0.394 e. The van der Waals surface area contributed by atoms with E-state index in [0.717, 1.165) is 44.9 Å². The molecule has 0 saturated carbocycles. The van der Waals surface area contributed by atoms with E-state index in [9.17, 15) is 35.4 Å². The van der Waals surface area contributed by atoms with E-state index < -0.39 is 61.5 Å². The highest BCUT2D eigenvalue weighted by Crippen LogP contribution is 2.23. The summed E-state index contributed by atoms with van der Waals surface area (Å²) in [5.41, 5.74) is 0. The van der Waals surface area contributed by atoms with Crippen LogP contribution in [0.15, 0.2) is 12.2 Å². The zero-order valence-corrected chi connectivity index (χ0v) is 33.9. The summed E-state index contributed by atoms with van der Waals surface area (Å²) in [6, 6.07) is -0.973. The SMILES string of the molecule is CCCCCCCCCCCCC/C=C/C(O)C(COC1OC(CO)C(O)C(O)C1O)NC(=O)C(O)CCCCCCCCCCCCCCCCC. The molecule has 0 aromatic carbocycles. The van der Waals surface area contributed by atoms with Crippen LogP contribution in [-0.4, -0.2) is 98.7 Å². The summed E-state index contributed by atoms with van der Waals surface area (Å²) in [6.07, 6.45) is 27.2. The predicted octanol–water partition coefficient (Wildman–Crippen LogP) is 7.53. The third-order valence-corrected chi connectivity index (χ3v) is 10.7. The van der Waals surface area contributed by atoms with Crippen molar-refractivity contribution in [1.29, 1.82) is 0 Å². The van der Waals surface area contributed by atoms with E-state index in [4.69, 9.17) is 9.47 Å². The Morgan fingerprint density at radius 1 is 0.642 bits per heavy atom.